The fraction of sp³-hybridized carbons (Fsp3) is 0.263. The molecule has 0 atom stereocenters. The van der Waals surface area contributed by atoms with Crippen molar-refractivity contribution < 1.29 is 19.4 Å². The van der Waals surface area contributed by atoms with E-state index < -0.39 is 0 Å². The minimum atomic E-state index is -0.229. The maximum atomic E-state index is 12.5. The number of halogens is 1. The summed E-state index contributed by atoms with van der Waals surface area (Å²) in [4.78, 5) is 28.0. The zero-order valence-electron chi connectivity index (χ0n) is 14.1. The third kappa shape index (κ3) is 4.26. The monoisotopic (exact) mass is 374 g/mol. The minimum Gasteiger partial charge on any atom is -0.507 e. The lowest BCUT2D eigenvalue weighted by Gasteiger charge is -2.34. The zero-order chi connectivity index (χ0) is 18.5. The van der Waals surface area contributed by atoms with Gasteiger partial charge in [-0.3, -0.25) is 9.59 Å². The summed E-state index contributed by atoms with van der Waals surface area (Å²) in [7, 11) is 0. The number of carbonyl (C=O) groups is 2. The van der Waals surface area contributed by atoms with Gasteiger partial charge in [-0.05, 0) is 36.4 Å². The second kappa shape index (κ2) is 8.10. The first-order valence-electron chi connectivity index (χ1n) is 8.28. The van der Waals surface area contributed by atoms with Crippen LogP contribution in [0.3, 0.4) is 0 Å². The average Bonchev–Trinajstić information content (AvgIpc) is 2.67. The van der Waals surface area contributed by atoms with E-state index in [0.717, 1.165) is 0 Å². The van der Waals surface area contributed by atoms with Crippen LogP contribution in [0.2, 0.25) is 5.02 Å². The lowest BCUT2D eigenvalue weighted by molar-refractivity contribution is -0.134. The number of ether oxygens (including phenoxy) is 1. The minimum absolute atomic E-state index is 0.0348. The molecule has 3 rings (SSSR count). The van der Waals surface area contributed by atoms with Crippen LogP contribution >= 0.6 is 11.6 Å². The molecule has 0 unspecified atom stereocenters. The van der Waals surface area contributed by atoms with Gasteiger partial charge in [0, 0.05) is 31.2 Å². The number of para-hydroxylation sites is 1. The highest BCUT2D eigenvalue weighted by molar-refractivity contribution is 6.30. The molecule has 0 bridgehead atoms. The number of hydrogen-bond acceptors (Lipinski definition) is 4. The Kier molecular flexibility index (Phi) is 5.63. The molecule has 1 aliphatic rings. The first-order valence-corrected chi connectivity index (χ1v) is 8.66. The lowest BCUT2D eigenvalue weighted by atomic mass is 10.1. The average molecular weight is 375 g/mol. The molecule has 0 aliphatic carbocycles. The standard InChI is InChI=1S/C19H19ClN2O4/c20-14-5-7-15(8-6-14)26-13-18(24)21-9-11-22(12-10-21)19(25)16-3-1-2-4-17(16)23/h1-8,23H,9-13H2. The third-order valence-corrected chi connectivity index (χ3v) is 4.48. The van der Waals surface area contributed by atoms with Crippen LogP contribution in [0.15, 0.2) is 48.5 Å². The highest BCUT2D eigenvalue weighted by Gasteiger charge is 2.26. The van der Waals surface area contributed by atoms with Gasteiger partial charge >= 0.3 is 0 Å². The topological polar surface area (TPSA) is 70.1 Å². The summed E-state index contributed by atoms with van der Waals surface area (Å²) in [5.41, 5.74) is 0.276. The molecule has 0 spiro atoms. The molecule has 2 aromatic carbocycles. The zero-order valence-corrected chi connectivity index (χ0v) is 14.9. The van der Waals surface area contributed by atoms with Crippen LogP contribution in [-0.4, -0.2) is 59.5 Å². The molecule has 2 aromatic rings. The fourth-order valence-electron chi connectivity index (χ4n) is 2.75. The van der Waals surface area contributed by atoms with E-state index in [1.807, 2.05) is 0 Å². The summed E-state index contributed by atoms with van der Waals surface area (Å²) < 4.78 is 5.47. The number of phenolic OH excluding ortho intramolecular Hbond substituents is 1. The predicted molar refractivity (Wildman–Crippen MR) is 97.5 cm³/mol. The second-order valence-corrected chi connectivity index (χ2v) is 6.37. The van der Waals surface area contributed by atoms with Crippen molar-refractivity contribution >= 4 is 23.4 Å². The van der Waals surface area contributed by atoms with Crippen molar-refractivity contribution in [3.8, 4) is 11.5 Å². The lowest BCUT2D eigenvalue weighted by Crippen LogP contribution is -2.51. The van der Waals surface area contributed by atoms with E-state index >= 15 is 0 Å². The van der Waals surface area contributed by atoms with E-state index in [4.69, 9.17) is 16.3 Å². The van der Waals surface area contributed by atoms with Crippen LogP contribution in [0.4, 0.5) is 0 Å². The highest BCUT2D eigenvalue weighted by Crippen LogP contribution is 2.19. The van der Waals surface area contributed by atoms with E-state index in [2.05, 4.69) is 0 Å². The molecule has 1 saturated heterocycles. The van der Waals surface area contributed by atoms with Gasteiger partial charge in [-0.15, -0.1) is 0 Å². The summed E-state index contributed by atoms with van der Waals surface area (Å²) >= 11 is 5.81. The number of hydrogen-bond donors (Lipinski definition) is 1. The molecule has 0 aromatic heterocycles. The molecule has 6 nitrogen and oxygen atoms in total. The van der Waals surface area contributed by atoms with Crippen molar-refractivity contribution in [2.75, 3.05) is 32.8 Å². The number of amides is 2. The Morgan fingerprint density at radius 1 is 0.962 bits per heavy atom. The molecule has 1 heterocycles. The first-order chi connectivity index (χ1) is 12.5. The largest absolute Gasteiger partial charge is 0.507 e. The van der Waals surface area contributed by atoms with Gasteiger partial charge < -0.3 is 19.6 Å². The van der Waals surface area contributed by atoms with E-state index in [1.54, 1.807) is 52.3 Å². The highest BCUT2D eigenvalue weighted by atomic mass is 35.5. The number of phenols is 1. The van der Waals surface area contributed by atoms with Gasteiger partial charge in [-0.2, -0.15) is 0 Å². The molecule has 1 aliphatic heterocycles. The fourth-order valence-corrected chi connectivity index (χ4v) is 2.88. The number of aromatic hydroxyl groups is 1. The van der Waals surface area contributed by atoms with Crippen molar-refractivity contribution in [2.24, 2.45) is 0 Å². The number of carbonyl (C=O) groups excluding carboxylic acids is 2. The Hall–Kier alpha value is -2.73. The number of nitrogens with zero attached hydrogens (tertiary/aromatic N) is 2. The Morgan fingerprint density at radius 2 is 1.58 bits per heavy atom. The Balaban J connectivity index is 1.50. The number of benzene rings is 2. The van der Waals surface area contributed by atoms with Gasteiger partial charge in [0.15, 0.2) is 6.61 Å². The van der Waals surface area contributed by atoms with Crippen LogP contribution < -0.4 is 4.74 Å². The van der Waals surface area contributed by atoms with Crippen LogP contribution in [-0.2, 0) is 4.79 Å². The van der Waals surface area contributed by atoms with E-state index in [-0.39, 0.29) is 29.7 Å². The Labute approximate surface area is 156 Å². The number of piperazine rings is 1. The van der Waals surface area contributed by atoms with Gasteiger partial charge in [-0.25, -0.2) is 0 Å². The van der Waals surface area contributed by atoms with Crippen molar-refractivity contribution in [2.45, 2.75) is 0 Å². The Bertz CT molecular complexity index is 786. The first kappa shape index (κ1) is 18.1. The third-order valence-electron chi connectivity index (χ3n) is 4.23. The van der Waals surface area contributed by atoms with Crippen LogP contribution in [0.1, 0.15) is 10.4 Å². The van der Waals surface area contributed by atoms with Crippen LogP contribution in [0, 0.1) is 0 Å². The normalized spacial score (nSPS) is 14.2. The van der Waals surface area contributed by atoms with Crippen LogP contribution in [0.5, 0.6) is 11.5 Å². The van der Waals surface area contributed by atoms with E-state index in [1.165, 1.54) is 6.07 Å². The SMILES string of the molecule is O=C(COc1ccc(Cl)cc1)N1CCN(C(=O)c2ccccc2O)CC1. The molecular weight excluding hydrogens is 356 g/mol. The van der Waals surface area contributed by atoms with E-state index in [9.17, 15) is 14.7 Å². The smallest absolute Gasteiger partial charge is 0.260 e. The van der Waals surface area contributed by atoms with Crippen molar-refractivity contribution in [1.82, 2.24) is 9.80 Å². The molecule has 7 heteroatoms. The number of rotatable bonds is 4. The molecule has 26 heavy (non-hydrogen) atoms. The van der Waals surface area contributed by atoms with Gasteiger partial charge in [0.25, 0.3) is 11.8 Å². The van der Waals surface area contributed by atoms with Gasteiger partial charge in [0.1, 0.15) is 11.5 Å². The quantitative estimate of drug-likeness (QED) is 0.892. The maximum absolute atomic E-state index is 12.5. The van der Waals surface area contributed by atoms with Crippen molar-refractivity contribution in [3.63, 3.8) is 0 Å². The maximum Gasteiger partial charge on any atom is 0.260 e. The van der Waals surface area contributed by atoms with Crippen LogP contribution in [0.25, 0.3) is 0 Å². The molecule has 0 radical (unpaired) electrons. The van der Waals surface area contributed by atoms with Gasteiger partial charge in [-0.1, -0.05) is 23.7 Å². The molecule has 136 valence electrons. The summed E-state index contributed by atoms with van der Waals surface area (Å²) in [5, 5.41) is 10.4. The van der Waals surface area contributed by atoms with Crippen molar-refractivity contribution in [1.29, 1.82) is 0 Å². The van der Waals surface area contributed by atoms with Crippen molar-refractivity contribution in [3.05, 3.63) is 59.1 Å². The summed E-state index contributed by atoms with van der Waals surface area (Å²) in [6, 6.07) is 13.3. The van der Waals surface area contributed by atoms with Gasteiger partial charge in [0.05, 0.1) is 5.56 Å². The molecule has 2 amide bonds. The summed E-state index contributed by atoms with van der Waals surface area (Å²) in [5.74, 6) is 0.186. The van der Waals surface area contributed by atoms with Gasteiger partial charge in [0.2, 0.25) is 0 Å². The molecule has 1 fully saturated rings. The second-order valence-electron chi connectivity index (χ2n) is 5.93. The van der Waals surface area contributed by atoms with E-state index in [0.29, 0.717) is 37.0 Å². The molecular formula is C19H19ClN2O4. The molecule has 0 saturated carbocycles. The Morgan fingerprint density at radius 3 is 2.23 bits per heavy atom. The molecule has 1 N–H and O–H groups in total. The summed E-state index contributed by atoms with van der Waals surface area (Å²) in [6.07, 6.45) is 0. The predicted octanol–water partition coefficient (Wildman–Crippen LogP) is 2.41. The summed E-state index contributed by atoms with van der Waals surface area (Å²) in [6.45, 7) is 1.64.